The molecule has 18 N–H and O–H groups in total. The van der Waals surface area contributed by atoms with Crippen LogP contribution in [0.4, 0.5) is 0 Å². The van der Waals surface area contributed by atoms with Crippen LogP contribution in [0.25, 0.3) is 0 Å². The van der Waals surface area contributed by atoms with Crippen LogP contribution in [-0.4, -0.2) is 145 Å². The van der Waals surface area contributed by atoms with Gasteiger partial charge in [0, 0.05) is 19.5 Å². The highest BCUT2D eigenvalue weighted by Crippen LogP contribution is 2.12. The molecule has 1 aliphatic rings. The molecule has 0 aliphatic carbocycles. The average Bonchev–Trinajstić information content (AvgIpc) is 3.33. The number of amides is 9. The van der Waals surface area contributed by atoms with E-state index in [1.54, 1.807) is 37.3 Å². The Hall–Kier alpha value is -5.75. The standard InChI is InChI=1S/C49H85N13O10/c1-5-7-8-9-13-17-32(63)28-41(64)55-40(29-53)49(72)60-37-21-25-54-42(65)38(26-30(3)4)61-45(68)35(19-23-51)58-44(67)34(18-22-50)57-43(66)33(14-6-2)56-48(71)39(27-31-15-11-10-12-16-31)62-46(69)36(20-24-52)59-47(37)70/h10-12,15-16,30,32-40,63H,5-9,13-14,17-29,50-53H2,1-4H3,(H,54,65)(H,55,64)(H,56,71)(H,57,66)(H,58,67)(H,59,70)(H,60,72)(H,61,68)(H,62,69)/t32-,33+,34+,35+,36+,37+,38+,39-,40-/m1/s1. The summed E-state index contributed by atoms with van der Waals surface area (Å²) >= 11 is 0. The fraction of sp³-hybridized carbons (Fsp3) is 0.694. The van der Waals surface area contributed by atoms with Crippen molar-refractivity contribution in [3.8, 4) is 0 Å². The Morgan fingerprint density at radius 1 is 0.625 bits per heavy atom. The summed E-state index contributed by atoms with van der Waals surface area (Å²) < 4.78 is 0. The van der Waals surface area contributed by atoms with Gasteiger partial charge in [-0.15, -0.1) is 0 Å². The van der Waals surface area contributed by atoms with E-state index < -0.39 is 114 Å². The van der Waals surface area contributed by atoms with Gasteiger partial charge < -0.3 is 75.9 Å². The van der Waals surface area contributed by atoms with E-state index in [2.05, 4.69) is 54.8 Å². The number of aliphatic hydroxyl groups excluding tert-OH is 1. The zero-order valence-corrected chi connectivity index (χ0v) is 42.7. The van der Waals surface area contributed by atoms with Gasteiger partial charge in [0.25, 0.3) is 0 Å². The molecule has 1 fully saturated rings. The quantitative estimate of drug-likeness (QED) is 0.0480. The fourth-order valence-electron chi connectivity index (χ4n) is 8.05. The lowest BCUT2D eigenvalue weighted by Gasteiger charge is -2.28. The third-order valence-electron chi connectivity index (χ3n) is 12.0. The summed E-state index contributed by atoms with van der Waals surface area (Å²) in [7, 11) is 0. The highest BCUT2D eigenvalue weighted by Gasteiger charge is 2.35. The van der Waals surface area contributed by atoms with Gasteiger partial charge in [-0.2, -0.15) is 0 Å². The molecule has 1 aromatic rings. The molecule has 9 atom stereocenters. The molecule has 0 spiro atoms. The lowest BCUT2D eigenvalue weighted by Crippen LogP contribution is -2.61. The first-order valence-corrected chi connectivity index (χ1v) is 25.6. The van der Waals surface area contributed by atoms with E-state index in [0.29, 0.717) is 18.4 Å². The summed E-state index contributed by atoms with van der Waals surface area (Å²) in [5.41, 5.74) is 24.2. The average molecular weight is 1020 g/mol. The first kappa shape index (κ1) is 62.4. The van der Waals surface area contributed by atoms with Crippen LogP contribution in [0.5, 0.6) is 0 Å². The number of hydrogen-bond donors (Lipinski definition) is 14. The lowest BCUT2D eigenvalue weighted by molar-refractivity contribution is -0.136. The highest BCUT2D eigenvalue weighted by atomic mass is 16.3. The maximum Gasteiger partial charge on any atom is 0.244 e. The van der Waals surface area contributed by atoms with Crippen molar-refractivity contribution in [3.63, 3.8) is 0 Å². The van der Waals surface area contributed by atoms with Crippen molar-refractivity contribution in [2.24, 2.45) is 28.9 Å². The Balaban J connectivity index is 2.63. The predicted octanol–water partition coefficient (Wildman–Crippen LogP) is -2.41. The molecule has 23 heteroatoms. The van der Waals surface area contributed by atoms with Crippen LogP contribution < -0.4 is 70.8 Å². The molecule has 0 saturated carbocycles. The summed E-state index contributed by atoms with van der Waals surface area (Å²) in [5, 5.41) is 34.4. The minimum absolute atomic E-state index is 0.0433. The van der Waals surface area contributed by atoms with Crippen LogP contribution in [0.15, 0.2) is 30.3 Å². The monoisotopic (exact) mass is 1020 g/mol. The van der Waals surface area contributed by atoms with Crippen LogP contribution in [0, 0.1) is 5.92 Å². The molecule has 23 nitrogen and oxygen atoms in total. The second-order valence-corrected chi connectivity index (χ2v) is 18.8. The number of carbonyl (C=O) groups excluding carboxylic acids is 9. The van der Waals surface area contributed by atoms with E-state index in [4.69, 9.17) is 22.9 Å². The van der Waals surface area contributed by atoms with E-state index in [-0.39, 0.29) is 83.5 Å². The molecule has 9 amide bonds. The molecule has 0 radical (unpaired) electrons. The van der Waals surface area contributed by atoms with Crippen molar-refractivity contribution in [2.75, 3.05) is 32.7 Å². The van der Waals surface area contributed by atoms with Crippen molar-refractivity contribution >= 4 is 53.2 Å². The van der Waals surface area contributed by atoms with Crippen molar-refractivity contribution in [1.82, 2.24) is 47.9 Å². The maximum absolute atomic E-state index is 14.3. The smallest absolute Gasteiger partial charge is 0.244 e. The number of unbranched alkanes of at least 4 members (excludes halogenated alkanes) is 4. The van der Waals surface area contributed by atoms with Crippen LogP contribution >= 0.6 is 0 Å². The molecule has 0 bridgehead atoms. The molecule has 1 heterocycles. The van der Waals surface area contributed by atoms with Gasteiger partial charge in [-0.3, -0.25) is 43.2 Å². The van der Waals surface area contributed by atoms with E-state index in [1.807, 2.05) is 13.8 Å². The molecule has 72 heavy (non-hydrogen) atoms. The molecule has 406 valence electrons. The minimum Gasteiger partial charge on any atom is -0.393 e. The van der Waals surface area contributed by atoms with Crippen LogP contribution in [0.1, 0.15) is 123 Å². The van der Waals surface area contributed by atoms with Gasteiger partial charge in [0.15, 0.2) is 0 Å². The van der Waals surface area contributed by atoms with Crippen molar-refractivity contribution in [1.29, 1.82) is 0 Å². The van der Waals surface area contributed by atoms with Gasteiger partial charge in [0.05, 0.1) is 12.5 Å². The van der Waals surface area contributed by atoms with Crippen molar-refractivity contribution in [2.45, 2.75) is 178 Å². The van der Waals surface area contributed by atoms with Gasteiger partial charge in [-0.25, -0.2) is 0 Å². The van der Waals surface area contributed by atoms with Gasteiger partial charge in [0.2, 0.25) is 53.2 Å². The Bertz CT molecular complexity index is 1880. The fourth-order valence-corrected chi connectivity index (χ4v) is 8.05. The van der Waals surface area contributed by atoms with Gasteiger partial charge >= 0.3 is 0 Å². The molecule has 1 aliphatic heterocycles. The Morgan fingerprint density at radius 2 is 1.11 bits per heavy atom. The third kappa shape index (κ3) is 23.2. The van der Waals surface area contributed by atoms with Crippen molar-refractivity contribution in [3.05, 3.63) is 35.9 Å². The summed E-state index contributed by atoms with van der Waals surface area (Å²) in [5.74, 6) is -7.03. The third-order valence-corrected chi connectivity index (χ3v) is 12.0. The number of benzene rings is 1. The highest BCUT2D eigenvalue weighted by molar-refractivity contribution is 5.98. The zero-order chi connectivity index (χ0) is 53.6. The molecule has 0 aromatic heterocycles. The summed E-state index contributed by atoms with van der Waals surface area (Å²) in [6.45, 7) is 6.67. The number of nitrogens with two attached hydrogens (primary N) is 4. The van der Waals surface area contributed by atoms with E-state index in [1.165, 1.54) is 0 Å². The lowest BCUT2D eigenvalue weighted by atomic mass is 10.0. The number of rotatable bonds is 24. The van der Waals surface area contributed by atoms with Gasteiger partial charge in [-0.1, -0.05) is 96.6 Å². The van der Waals surface area contributed by atoms with Crippen molar-refractivity contribution < 1.29 is 48.3 Å². The second-order valence-electron chi connectivity index (χ2n) is 18.8. The largest absolute Gasteiger partial charge is 0.393 e. The molecular formula is C49H85N13O10. The number of nitrogens with one attached hydrogen (secondary N) is 9. The van der Waals surface area contributed by atoms with Gasteiger partial charge in [0.1, 0.15) is 48.3 Å². The molecule has 1 aromatic carbocycles. The number of aliphatic hydroxyl groups is 1. The van der Waals surface area contributed by atoms with E-state index in [9.17, 15) is 48.3 Å². The topological polar surface area (TPSA) is 386 Å². The van der Waals surface area contributed by atoms with E-state index in [0.717, 1.165) is 32.1 Å². The summed E-state index contributed by atoms with van der Waals surface area (Å²) in [6.07, 6.45) is 4.00. The predicted molar refractivity (Wildman–Crippen MR) is 272 cm³/mol. The SMILES string of the molecule is CCCCCCC[C@@H](O)CC(=O)N[C@H](CN)C(=O)N[C@H]1CCNC(=O)[C@H](CC(C)C)NC(=O)[C@H](CCN)NC(=O)[C@H](CCN)NC(=O)[C@H](CCC)NC(=O)[C@@H](Cc2ccccc2)NC(=O)[C@H](CCN)NC1=O. The molecule has 2 rings (SSSR count). The molecule has 0 unspecified atom stereocenters. The Kier molecular flexibility index (Phi) is 30.0. The summed E-state index contributed by atoms with van der Waals surface area (Å²) in [6, 6.07) is -1.68. The summed E-state index contributed by atoms with van der Waals surface area (Å²) in [4.78, 5) is 125. The second kappa shape index (κ2) is 34.6. The first-order valence-electron chi connectivity index (χ1n) is 25.6. The zero-order valence-electron chi connectivity index (χ0n) is 42.7. The van der Waals surface area contributed by atoms with Crippen LogP contribution in [-0.2, 0) is 49.6 Å². The normalized spacial score (nSPS) is 23.2. The molecular weight excluding hydrogens is 931 g/mol. The Labute approximate surface area is 424 Å². The minimum atomic E-state index is -1.48. The number of carbonyl (C=O) groups is 9. The van der Waals surface area contributed by atoms with Gasteiger partial charge in [-0.05, 0) is 76.1 Å². The molecule has 1 saturated heterocycles. The Morgan fingerprint density at radius 3 is 1.61 bits per heavy atom. The maximum atomic E-state index is 14.3. The number of hydrogen-bond acceptors (Lipinski definition) is 14. The first-order chi connectivity index (χ1) is 34.4. The van der Waals surface area contributed by atoms with Crippen LogP contribution in [0.2, 0.25) is 0 Å². The van der Waals surface area contributed by atoms with E-state index >= 15 is 0 Å². The van der Waals surface area contributed by atoms with Crippen LogP contribution in [0.3, 0.4) is 0 Å².